The third-order valence-corrected chi connectivity index (χ3v) is 2.89. The van der Waals surface area contributed by atoms with Gasteiger partial charge in [0, 0.05) is 11.6 Å². The Morgan fingerprint density at radius 1 is 1.62 bits per heavy atom. The van der Waals surface area contributed by atoms with Gasteiger partial charge in [-0.25, -0.2) is 0 Å². The van der Waals surface area contributed by atoms with Crippen LogP contribution in [0.15, 0.2) is 41.9 Å². The van der Waals surface area contributed by atoms with Crippen molar-refractivity contribution in [2.75, 3.05) is 13.1 Å². The third-order valence-electron chi connectivity index (χ3n) is 2.66. The zero-order valence-corrected chi connectivity index (χ0v) is 9.69. The summed E-state index contributed by atoms with van der Waals surface area (Å²) in [6.07, 6.45) is 1.82. The van der Waals surface area contributed by atoms with Crippen LogP contribution in [0.1, 0.15) is 11.6 Å². The summed E-state index contributed by atoms with van der Waals surface area (Å²) in [6, 6.07) is 7.98. The molecule has 1 heterocycles. The zero-order valence-electron chi connectivity index (χ0n) is 8.94. The van der Waals surface area contributed by atoms with E-state index in [0.29, 0.717) is 19.0 Å². The monoisotopic (exact) mass is 235 g/mol. The molecular weight excluding hydrogens is 222 g/mol. The molecule has 1 aromatic carbocycles. The maximum atomic E-state index is 5.98. The Morgan fingerprint density at radius 2 is 2.44 bits per heavy atom. The number of nitrogens with zero attached hydrogens (tertiary/aromatic N) is 2. The Morgan fingerprint density at radius 3 is 3.12 bits per heavy atom. The van der Waals surface area contributed by atoms with Gasteiger partial charge in [-0.1, -0.05) is 29.8 Å². The Hall–Kier alpha value is -1.48. The molecule has 0 aliphatic carbocycles. The topological polar surface area (TPSA) is 41.6 Å². The highest BCUT2D eigenvalue weighted by atomic mass is 35.5. The van der Waals surface area contributed by atoms with Crippen molar-refractivity contribution < 1.29 is 0 Å². The van der Waals surface area contributed by atoms with Gasteiger partial charge >= 0.3 is 0 Å². The highest BCUT2D eigenvalue weighted by molar-refractivity contribution is 6.30. The molecule has 1 aromatic rings. The fraction of sp³-hybridized carbons (Fsp3) is 0.250. The first-order valence-electron chi connectivity index (χ1n) is 5.15. The van der Waals surface area contributed by atoms with Gasteiger partial charge in [-0.3, -0.25) is 4.99 Å². The van der Waals surface area contributed by atoms with Gasteiger partial charge in [0.25, 0.3) is 0 Å². The Labute approximate surface area is 100 Å². The van der Waals surface area contributed by atoms with Crippen molar-refractivity contribution >= 4 is 17.6 Å². The lowest BCUT2D eigenvalue weighted by molar-refractivity contribution is 0.380. The van der Waals surface area contributed by atoms with Crippen molar-refractivity contribution in [2.45, 2.75) is 6.04 Å². The number of hydrogen-bond donors (Lipinski definition) is 1. The molecule has 1 unspecified atom stereocenters. The molecule has 2 N–H and O–H groups in total. The van der Waals surface area contributed by atoms with Crippen LogP contribution in [0.3, 0.4) is 0 Å². The van der Waals surface area contributed by atoms with Gasteiger partial charge in [-0.2, -0.15) is 0 Å². The van der Waals surface area contributed by atoms with Crippen LogP contribution in [0.25, 0.3) is 0 Å². The van der Waals surface area contributed by atoms with Gasteiger partial charge in [-0.15, -0.1) is 6.58 Å². The molecule has 0 aromatic heterocycles. The highest BCUT2D eigenvalue weighted by Gasteiger charge is 2.26. The van der Waals surface area contributed by atoms with Crippen molar-refractivity contribution in [3.05, 3.63) is 47.5 Å². The van der Waals surface area contributed by atoms with Crippen molar-refractivity contribution in [3.8, 4) is 0 Å². The van der Waals surface area contributed by atoms with E-state index in [4.69, 9.17) is 17.3 Å². The first-order chi connectivity index (χ1) is 7.72. The molecule has 2 rings (SSSR count). The minimum absolute atomic E-state index is 0.177. The zero-order chi connectivity index (χ0) is 11.5. The predicted molar refractivity (Wildman–Crippen MR) is 67.6 cm³/mol. The lowest BCUT2D eigenvalue weighted by Gasteiger charge is -2.25. The van der Waals surface area contributed by atoms with E-state index in [1.165, 1.54) is 0 Å². The van der Waals surface area contributed by atoms with Crippen LogP contribution in [0.4, 0.5) is 0 Å². The number of guanidine groups is 1. The molecule has 1 aliphatic heterocycles. The summed E-state index contributed by atoms with van der Waals surface area (Å²) in [7, 11) is 0. The molecule has 16 heavy (non-hydrogen) atoms. The molecule has 0 radical (unpaired) electrons. The average Bonchev–Trinajstić information content (AvgIpc) is 2.61. The van der Waals surface area contributed by atoms with Crippen molar-refractivity contribution in [2.24, 2.45) is 10.7 Å². The summed E-state index contributed by atoms with van der Waals surface area (Å²) >= 11 is 5.98. The van der Waals surface area contributed by atoms with Crippen LogP contribution in [0.5, 0.6) is 0 Å². The van der Waals surface area contributed by atoms with Crippen LogP contribution in [0, 0.1) is 0 Å². The van der Waals surface area contributed by atoms with Crippen molar-refractivity contribution in [1.29, 1.82) is 0 Å². The molecule has 4 heteroatoms. The normalized spacial score (nSPS) is 19.7. The number of benzene rings is 1. The van der Waals surface area contributed by atoms with Crippen molar-refractivity contribution in [3.63, 3.8) is 0 Å². The lowest BCUT2D eigenvalue weighted by atomic mass is 10.1. The number of nitrogens with two attached hydrogens (primary N) is 1. The summed E-state index contributed by atoms with van der Waals surface area (Å²) in [5.74, 6) is 0.574. The van der Waals surface area contributed by atoms with E-state index in [9.17, 15) is 0 Å². The second kappa shape index (κ2) is 4.58. The highest BCUT2D eigenvalue weighted by Crippen LogP contribution is 2.26. The number of aliphatic imine (C=N–C) groups is 1. The third kappa shape index (κ3) is 2.04. The number of hydrogen-bond acceptors (Lipinski definition) is 3. The van der Waals surface area contributed by atoms with E-state index in [1.54, 1.807) is 0 Å². The van der Waals surface area contributed by atoms with E-state index in [-0.39, 0.29) is 6.04 Å². The molecule has 0 saturated carbocycles. The predicted octanol–water partition coefficient (Wildman–Crippen LogP) is 2.20. The number of halogens is 1. The van der Waals surface area contributed by atoms with Crippen LogP contribution in [0.2, 0.25) is 5.02 Å². The van der Waals surface area contributed by atoms with Crippen LogP contribution >= 0.6 is 11.6 Å². The second-order valence-corrected chi connectivity index (χ2v) is 4.15. The number of rotatable bonds is 3. The van der Waals surface area contributed by atoms with E-state index in [1.807, 2.05) is 35.2 Å². The minimum Gasteiger partial charge on any atom is -0.370 e. The van der Waals surface area contributed by atoms with Gasteiger partial charge < -0.3 is 10.6 Å². The van der Waals surface area contributed by atoms with E-state index in [2.05, 4.69) is 11.6 Å². The van der Waals surface area contributed by atoms with Crippen LogP contribution in [-0.2, 0) is 0 Å². The standard InChI is InChI=1S/C12H14ClN3/c1-2-6-16-11(8-15-12(16)14)9-4-3-5-10(13)7-9/h2-5,7,11H,1,6,8H2,(H2,14,15). The first kappa shape index (κ1) is 11.0. The fourth-order valence-electron chi connectivity index (χ4n) is 1.89. The van der Waals surface area contributed by atoms with Gasteiger partial charge in [-0.05, 0) is 17.7 Å². The first-order valence-corrected chi connectivity index (χ1v) is 5.53. The van der Waals surface area contributed by atoms with E-state index in [0.717, 1.165) is 10.6 Å². The van der Waals surface area contributed by atoms with E-state index >= 15 is 0 Å². The maximum Gasteiger partial charge on any atom is 0.192 e. The van der Waals surface area contributed by atoms with Gasteiger partial charge in [0.1, 0.15) is 0 Å². The molecule has 0 spiro atoms. The molecule has 84 valence electrons. The summed E-state index contributed by atoms with van der Waals surface area (Å²) in [4.78, 5) is 6.28. The SMILES string of the molecule is C=CCN1C(N)=NCC1c1cccc(Cl)c1. The van der Waals surface area contributed by atoms with Crippen LogP contribution < -0.4 is 5.73 Å². The molecule has 0 bridgehead atoms. The summed E-state index contributed by atoms with van der Waals surface area (Å²) in [5, 5.41) is 0.738. The van der Waals surface area contributed by atoms with Gasteiger partial charge in [0.2, 0.25) is 0 Å². The Balaban J connectivity index is 2.25. The molecular formula is C12H14ClN3. The Bertz CT molecular complexity index is 428. The van der Waals surface area contributed by atoms with Gasteiger partial charge in [0.15, 0.2) is 5.96 Å². The summed E-state index contributed by atoms with van der Waals surface area (Å²) in [5.41, 5.74) is 6.96. The van der Waals surface area contributed by atoms with Crippen LogP contribution in [-0.4, -0.2) is 23.9 Å². The van der Waals surface area contributed by atoms with Gasteiger partial charge in [0.05, 0.1) is 12.6 Å². The molecule has 1 atom stereocenters. The van der Waals surface area contributed by atoms with Crippen molar-refractivity contribution in [1.82, 2.24) is 4.90 Å². The molecule has 0 fully saturated rings. The fourth-order valence-corrected chi connectivity index (χ4v) is 2.09. The summed E-state index contributed by atoms with van der Waals surface area (Å²) in [6.45, 7) is 5.11. The second-order valence-electron chi connectivity index (χ2n) is 3.71. The quantitative estimate of drug-likeness (QED) is 0.817. The molecule has 0 saturated heterocycles. The smallest absolute Gasteiger partial charge is 0.192 e. The summed E-state index contributed by atoms with van der Waals surface area (Å²) < 4.78 is 0. The molecule has 0 amide bonds. The maximum absolute atomic E-state index is 5.98. The molecule has 1 aliphatic rings. The largest absolute Gasteiger partial charge is 0.370 e. The minimum atomic E-state index is 0.177. The lowest BCUT2D eigenvalue weighted by Crippen LogP contribution is -2.36. The average molecular weight is 236 g/mol. The Kier molecular flexibility index (Phi) is 3.15. The molecule has 3 nitrogen and oxygen atoms in total. The van der Waals surface area contributed by atoms with E-state index < -0.39 is 0 Å².